The van der Waals surface area contributed by atoms with Crippen LogP contribution in [0.1, 0.15) is 18.5 Å². The minimum Gasteiger partial charge on any atom is -0.274 e. The van der Waals surface area contributed by atoms with Crippen molar-refractivity contribution in [1.29, 1.82) is 0 Å². The first-order valence-electron chi connectivity index (χ1n) is 7.46. The molecule has 3 aromatic rings. The molecule has 0 radical (unpaired) electrons. The van der Waals surface area contributed by atoms with Crippen LogP contribution < -0.4 is 4.72 Å². The van der Waals surface area contributed by atoms with Gasteiger partial charge in [0.2, 0.25) is 0 Å². The molecule has 26 heavy (non-hydrogen) atoms. The maximum atomic E-state index is 12.2. The zero-order chi connectivity index (χ0) is 18.2. The lowest BCUT2D eigenvalue weighted by Crippen LogP contribution is -2.36. The van der Waals surface area contributed by atoms with Crippen LogP contribution in [0.2, 0.25) is 0 Å². The van der Waals surface area contributed by atoms with Gasteiger partial charge in [0.15, 0.2) is 0 Å². The van der Waals surface area contributed by atoms with Gasteiger partial charge in [-0.15, -0.1) is 24.2 Å². The van der Waals surface area contributed by atoms with E-state index in [4.69, 9.17) is 0 Å². The lowest BCUT2D eigenvalue weighted by Gasteiger charge is -2.08. The highest BCUT2D eigenvalue weighted by molar-refractivity contribution is 7.99. The van der Waals surface area contributed by atoms with E-state index in [1.165, 1.54) is 11.8 Å². The Labute approximate surface area is 158 Å². The summed E-state index contributed by atoms with van der Waals surface area (Å²) in [6.45, 7) is 1.66. The van der Waals surface area contributed by atoms with Gasteiger partial charge in [-0.05, 0) is 37.7 Å². The number of sulfonamides is 1. The van der Waals surface area contributed by atoms with Crippen molar-refractivity contribution < 1.29 is 21.6 Å². The topological polar surface area (TPSA) is 76.4 Å². The van der Waals surface area contributed by atoms with E-state index in [1.807, 2.05) is 29.5 Å². The number of pyridine rings is 1. The van der Waals surface area contributed by atoms with Crippen molar-refractivity contribution in [3.63, 3.8) is 0 Å². The molecule has 0 aromatic carbocycles. The second-order valence-corrected chi connectivity index (χ2v) is 8.28. The van der Waals surface area contributed by atoms with Crippen molar-refractivity contribution in [3.8, 4) is 0 Å². The van der Waals surface area contributed by atoms with E-state index in [9.17, 15) is 21.6 Å². The highest BCUT2D eigenvalue weighted by atomic mass is 35.5. The normalized spacial score (nSPS) is 12.8. The van der Waals surface area contributed by atoms with Gasteiger partial charge >= 0.3 is 15.5 Å². The van der Waals surface area contributed by atoms with Gasteiger partial charge in [-0.3, -0.25) is 4.40 Å². The second-order valence-electron chi connectivity index (χ2n) is 5.44. The predicted octanol–water partition coefficient (Wildman–Crippen LogP) is 3.36. The lowest BCUT2D eigenvalue weighted by molar-refractivity contribution is -0.0447. The third-order valence-corrected chi connectivity index (χ3v) is 5.87. The molecule has 6 nitrogen and oxygen atoms in total. The number of alkyl halides is 3. The third kappa shape index (κ3) is 4.00. The van der Waals surface area contributed by atoms with Gasteiger partial charge < -0.3 is 0 Å². The van der Waals surface area contributed by atoms with E-state index in [0.29, 0.717) is 18.6 Å². The Morgan fingerprint density at radius 2 is 1.85 bits per heavy atom. The molecule has 0 spiro atoms. The molecule has 1 N–H and O–H groups in total. The maximum absolute atomic E-state index is 12.2. The molecule has 0 atom stereocenters. The van der Waals surface area contributed by atoms with Crippen molar-refractivity contribution in [1.82, 2.24) is 19.1 Å². The summed E-state index contributed by atoms with van der Waals surface area (Å²) in [7, 11) is -5.25. The zero-order valence-electron chi connectivity index (χ0n) is 13.6. The molecule has 0 unspecified atom stereocenters. The van der Waals surface area contributed by atoms with E-state index < -0.39 is 15.5 Å². The summed E-state index contributed by atoms with van der Waals surface area (Å²) in [5.41, 5.74) is -1.83. The Kier molecular flexibility index (Phi) is 6.26. The highest BCUT2D eigenvalue weighted by Gasteiger charge is 2.45. The van der Waals surface area contributed by atoms with Crippen molar-refractivity contribution >= 4 is 51.0 Å². The van der Waals surface area contributed by atoms with E-state index in [1.54, 1.807) is 4.72 Å². The van der Waals surface area contributed by atoms with E-state index in [0.717, 1.165) is 27.5 Å². The van der Waals surface area contributed by atoms with E-state index in [-0.39, 0.29) is 19.0 Å². The first kappa shape index (κ1) is 21.0. The number of aromatic nitrogens is 3. The molecule has 0 amide bonds. The van der Waals surface area contributed by atoms with Crippen LogP contribution in [0.3, 0.4) is 0 Å². The molecule has 3 rings (SSSR count). The quantitative estimate of drug-likeness (QED) is 0.461. The Morgan fingerprint density at radius 3 is 2.50 bits per heavy atom. The number of aryl methyl sites for hydroxylation is 1. The summed E-state index contributed by atoms with van der Waals surface area (Å²) < 4.78 is 61.8. The Hall–Kier alpha value is -1.30. The fourth-order valence-electron chi connectivity index (χ4n) is 2.47. The van der Waals surface area contributed by atoms with E-state index in [2.05, 4.69) is 9.97 Å². The Morgan fingerprint density at radius 1 is 1.19 bits per heavy atom. The number of thioether (sulfide) groups is 1. The smallest absolute Gasteiger partial charge is 0.274 e. The zero-order valence-corrected chi connectivity index (χ0v) is 16.0. The minimum atomic E-state index is -5.27. The van der Waals surface area contributed by atoms with E-state index >= 15 is 0 Å². The van der Waals surface area contributed by atoms with Crippen LogP contribution in [0.4, 0.5) is 13.2 Å². The number of hydrogen-bond donors (Lipinski definition) is 1. The Balaban J connectivity index is 0.00000243. The Bertz CT molecular complexity index is 991. The molecule has 0 saturated carbocycles. The van der Waals surface area contributed by atoms with Crippen molar-refractivity contribution in [2.24, 2.45) is 0 Å². The van der Waals surface area contributed by atoms with Crippen LogP contribution in [-0.4, -0.2) is 40.6 Å². The van der Waals surface area contributed by atoms with Crippen LogP contribution in [-0.2, 0) is 10.0 Å². The van der Waals surface area contributed by atoms with Gasteiger partial charge in [0, 0.05) is 6.54 Å². The van der Waals surface area contributed by atoms with Crippen LogP contribution in [0.5, 0.6) is 0 Å². The van der Waals surface area contributed by atoms with Crippen LogP contribution in [0.25, 0.3) is 16.8 Å². The number of halogens is 4. The molecule has 0 aliphatic heterocycles. The fraction of sp³-hybridized carbons (Fsp3) is 0.429. The molecule has 0 fully saturated rings. The van der Waals surface area contributed by atoms with Crippen LogP contribution >= 0.6 is 24.2 Å². The van der Waals surface area contributed by atoms with Gasteiger partial charge in [-0.1, -0.05) is 6.07 Å². The first-order chi connectivity index (χ1) is 11.7. The number of imidazole rings is 2. The number of unbranched alkanes of at least 4 members (excludes halogenated alkanes) is 1. The van der Waals surface area contributed by atoms with Gasteiger partial charge in [0.25, 0.3) is 0 Å². The largest absolute Gasteiger partial charge is 0.511 e. The third-order valence-electron chi connectivity index (χ3n) is 3.62. The predicted molar refractivity (Wildman–Crippen MR) is 96.6 cm³/mol. The highest BCUT2D eigenvalue weighted by Crippen LogP contribution is 2.30. The summed E-state index contributed by atoms with van der Waals surface area (Å²) in [4.78, 5) is 9.02. The number of rotatable bonds is 7. The molecule has 0 saturated heterocycles. The average molecular weight is 429 g/mol. The van der Waals surface area contributed by atoms with Crippen LogP contribution in [0, 0.1) is 6.92 Å². The number of hydrogen-bond acceptors (Lipinski definition) is 5. The standard InChI is InChI=1S/C14H15F3N4O2S2.ClH/c1-9-12-13(20-11-6-4-5-10(19-9)21(11)12)24-8-3-2-7-18-25(22,23)14(15,16)17;/h4-6,18H,2-3,7-8H2,1H3;1H. The number of nitrogens with zero attached hydrogens (tertiary/aromatic N) is 3. The summed E-state index contributed by atoms with van der Waals surface area (Å²) >= 11 is 1.49. The summed E-state index contributed by atoms with van der Waals surface area (Å²) in [5, 5.41) is 0.821. The van der Waals surface area contributed by atoms with Gasteiger partial charge in [0.1, 0.15) is 21.8 Å². The van der Waals surface area contributed by atoms with Crippen molar-refractivity contribution in [2.75, 3.05) is 12.3 Å². The summed E-state index contributed by atoms with van der Waals surface area (Å²) in [5.74, 6) is 0.618. The molecule has 12 heteroatoms. The SMILES string of the molecule is Cc1nc2cccc3nc(SCCCCNS(=O)(=O)C(F)(F)F)c1n23.Cl. The second kappa shape index (κ2) is 7.75. The molecular weight excluding hydrogens is 413 g/mol. The minimum absolute atomic E-state index is 0. The molecule has 3 aromatic heterocycles. The maximum Gasteiger partial charge on any atom is 0.511 e. The number of nitrogens with one attached hydrogen (secondary N) is 1. The summed E-state index contributed by atoms with van der Waals surface area (Å²) in [6.07, 6.45) is 0.866. The molecule has 3 heterocycles. The first-order valence-corrected chi connectivity index (χ1v) is 9.93. The summed E-state index contributed by atoms with van der Waals surface area (Å²) in [6, 6.07) is 5.66. The van der Waals surface area contributed by atoms with Crippen LogP contribution in [0.15, 0.2) is 23.2 Å². The average Bonchev–Trinajstić information content (AvgIpc) is 3.05. The molecular formula is C14H16ClF3N4O2S2. The van der Waals surface area contributed by atoms with Crippen molar-refractivity contribution in [2.45, 2.75) is 30.3 Å². The monoisotopic (exact) mass is 428 g/mol. The van der Waals surface area contributed by atoms with Gasteiger partial charge in [-0.2, -0.15) is 13.2 Å². The molecule has 0 bridgehead atoms. The molecule has 144 valence electrons. The van der Waals surface area contributed by atoms with Gasteiger partial charge in [-0.25, -0.2) is 23.1 Å². The fourth-order valence-corrected chi connectivity index (χ4v) is 4.12. The molecule has 0 aliphatic carbocycles. The van der Waals surface area contributed by atoms with Gasteiger partial charge in [0.05, 0.1) is 5.69 Å². The lowest BCUT2D eigenvalue weighted by atomic mass is 10.3. The molecule has 0 aliphatic rings. The van der Waals surface area contributed by atoms with Crippen molar-refractivity contribution in [3.05, 3.63) is 23.9 Å².